The lowest BCUT2D eigenvalue weighted by Crippen LogP contribution is -2.21. The monoisotopic (exact) mass is 232 g/mol. The fourth-order valence-electron chi connectivity index (χ4n) is 1.69. The third-order valence-corrected chi connectivity index (χ3v) is 2.92. The van der Waals surface area contributed by atoms with E-state index in [0.717, 1.165) is 6.42 Å². The summed E-state index contributed by atoms with van der Waals surface area (Å²) in [6.45, 7) is 5.14. The number of unbranched alkanes of at least 4 members (excludes halogenated alkanes) is 3. The second-order valence-electron chi connectivity index (χ2n) is 4.50. The number of hydrogen-bond donors (Lipinski definition) is 2. The van der Waals surface area contributed by atoms with Crippen LogP contribution in [-0.4, -0.2) is 36.1 Å². The van der Waals surface area contributed by atoms with E-state index in [-0.39, 0.29) is 13.2 Å². The number of aliphatic hydroxyl groups is 2. The van der Waals surface area contributed by atoms with Crippen molar-refractivity contribution in [1.82, 2.24) is 0 Å². The average molecular weight is 232 g/mol. The lowest BCUT2D eigenvalue weighted by molar-refractivity contribution is -0.00603. The molecule has 16 heavy (non-hydrogen) atoms. The fourth-order valence-corrected chi connectivity index (χ4v) is 1.69. The molecule has 0 aliphatic rings. The van der Waals surface area contributed by atoms with Crippen LogP contribution in [-0.2, 0) is 4.74 Å². The normalized spacial score (nSPS) is 15.0. The number of rotatable bonds is 11. The predicted molar refractivity (Wildman–Crippen MR) is 66.5 cm³/mol. The van der Waals surface area contributed by atoms with Gasteiger partial charge >= 0.3 is 0 Å². The lowest BCUT2D eigenvalue weighted by Gasteiger charge is -2.16. The average Bonchev–Trinajstić information content (AvgIpc) is 2.31. The van der Waals surface area contributed by atoms with Gasteiger partial charge in [0.1, 0.15) is 6.10 Å². The Bertz CT molecular complexity index is 139. The molecule has 0 fully saturated rings. The van der Waals surface area contributed by atoms with Crippen molar-refractivity contribution >= 4 is 0 Å². The number of aliphatic hydroxyl groups excluding tert-OH is 2. The summed E-state index contributed by atoms with van der Waals surface area (Å²) in [7, 11) is 0. The molecule has 0 aromatic rings. The van der Waals surface area contributed by atoms with Gasteiger partial charge in [-0.2, -0.15) is 0 Å². The highest BCUT2D eigenvalue weighted by Gasteiger charge is 2.08. The minimum absolute atomic E-state index is 0.215. The first-order chi connectivity index (χ1) is 7.74. The zero-order valence-electron chi connectivity index (χ0n) is 10.8. The molecule has 3 heteroatoms. The van der Waals surface area contributed by atoms with Crippen LogP contribution in [0.2, 0.25) is 0 Å². The molecule has 98 valence electrons. The van der Waals surface area contributed by atoms with Crippen LogP contribution >= 0.6 is 0 Å². The Kier molecular flexibility index (Phi) is 11.3. The molecule has 0 amide bonds. The maximum Gasteiger partial charge on any atom is 0.100 e. The highest BCUT2D eigenvalue weighted by atomic mass is 16.5. The smallest absolute Gasteiger partial charge is 0.100 e. The summed E-state index contributed by atoms with van der Waals surface area (Å²) in [5.41, 5.74) is 0. The third kappa shape index (κ3) is 9.13. The zero-order chi connectivity index (χ0) is 12.2. The SMILES string of the molecule is CCCCCCC(CC)COCC(O)CO. The lowest BCUT2D eigenvalue weighted by atomic mass is 9.99. The molecule has 0 spiro atoms. The van der Waals surface area contributed by atoms with Crippen molar-refractivity contribution in [3.8, 4) is 0 Å². The van der Waals surface area contributed by atoms with E-state index >= 15 is 0 Å². The largest absolute Gasteiger partial charge is 0.394 e. The van der Waals surface area contributed by atoms with E-state index < -0.39 is 6.10 Å². The van der Waals surface area contributed by atoms with Crippen LogP contribution in [0.1, 0.15) is 52.4 Å². The molecule has 0 saturated carbocycles. The van der Waals surface area contributed by atoms with Crippen molar-refractivity contribution in [2.45, 2.75) is 58.5 Å². The minimum atomic E-state index is -0.724. The van der Waals surface area contributed by atoms with Gasteiger partial charge in [0.05, 0.1) is 13.2 Å². The Labute approximate surface area is 99.8 Å². The summed E-state index contributed by atoms with van der Waals surface area (Å²) < 4.78 is 5.39. The summed E-state index contributed by atoms with van der Waals surface area (Å²) in [6.07, 6.45) is 6.80. The van der Waals surface area contributed by atoms with Crippen LogP contribution in [0.3, 0.4) is 0 Å². The third-order valence-electron chi connectivity index (χ3n) is 2.92. The molecule has 0 aliphatic heterocycles. The van der Waals surface area contributed by atoms with Crippen LogP contribution in [0.25, 0.3) is 0 Å². The topological polar surface area (TPSA) is 49.7 Å². The first-order valence-corrected chi connectivity index (χ1v) is 6.61. The molecule has 0 bridgehead atoms. The number of ether oxygens (including phenoxy) is 1. The Balaban J connectivity index is 3.43. The molecule has 2 atom stereocenters. The molecular formula is C13H28O3. The quantitative estimate of drug-likeness (QED) is 0.538. The molecule has 3 nitrogen and oxygen atoms in total. The van der Waals surface area contributed by atoms with Crippen LogP contribution in [0.4, 0.5) is 0 Å². The molecule has 2 N–H and O–H groups in total. The predicted octanol–water partition coefficient (Wildman–Crippen LogP) is 2.35. The van der Waals surface area contributed by atoms with E-state index in [4.69, 9.17) is 14.9 Å². The van der Waals surface area contributed by atoms with Crippen LogP contribution < -0.4 is 0 Å². The van der Waals surface area contributed by atoms with Gasteiger partial charge in [0.15, 0.2) is 0 Å². The maximum atomic E-state index is 9.11. The van der Waals surface area contributed by atoms with Crippen LogP contribution in [0.5, 0.6) is 0 Å². The highest BCUT2D eigenvalue weighted by molar-refractivity contribution is 4.58. The van der Waals surface area contributed by atoms with E-state index in [2.05, 4.69) is 13.8 Å². The van der Waals surface area contributed by atoms with Crippen molar-refractivity contribution in [2.24, 2.45) is 5.92 Å². The second kappa shape index (κ2) is 11.4. The van der Waals surface area contributed by atoms with Crippen molar-refractivity contribution < 1.29 is 14.9 Å². The van der Waals surface area contributed by atoms with Gasteiger partial charge in [-0.3, -0.25) is 0 Å². The van der Waals surface area contributed by atoms with E-state index in [1.165, 1.54) is 32.1 Å². The van der Waals surface area contributed by atoms with Crippen molar-refractivity contribution in [3.63, 3.8) is 0 Å². The van der Waals surface area contributed by atoms with E-state index in [0.29, 0.717) is 12.5 Å². The van der Waals surface area contributed by atoms with Gasteiger partial charge in [-0.1, -0.05) is 46.0 Å². The Morgan fingerprint density at radius 2 is 1.81 bits per heavy atom. The van der Waals surface area contributed by atoms with Gasteiger partial charge < -0.3 is 14.9 Å². The van der Waals surface area contributed by atoms with Gasteiger partial charge in [0.25, 0.3) is 0 Å². The fraction of sp³-hybridized carbons (Fsp3) is 1.00. The molecule has 0 heterocycles. The van der Waals surface area contributed by atoms with E-state index in [1.807, 2.05) is 0 Å². The second-order valence-corrected chi connectivity index (χ2v) is 4.50. The molecule has 0 rings (SSSR count). The summed E-state index contributed by atoms with van der Waals surface area (Å²) in [6, 6.07) is 0. The van der Waals surface area contributed by atoms with Gasteiger partial charge in [0.2, 0.25) is 0 Å². The van der Waals surface area contributed by atoms with Crippen LogP contribution in [0.15, 0.2) is 0 Å². The summed E-state index contributed by atoms with van der Waals surface area (Å²) in [5, 5.41) is 17.7. The Morgan fingerprint density at radius 1 is 1.06 bits per heavy atom. The van der Waals surface area contributed by atoms with Gasteiger partial charge in [-0.25, -0.2) is 0 Å². The molecule has 0 radical (unpaired) electrons. The molecule has 0 aliphatic carbocycles. The molecule has 0 saturated heterocycles. The first-order valence-electron chi connectivity index (χ1n) is 6.61. The van der Waals surface area contributed by atoms with Gasteiger partial charge in [0, 0.05) is 6.61 Å². The van der Waals surface area contributed by atoms with Gasteiger partial charge in [-0.05, 0) is 12.3 Å². The Morgan fingerprint density at radius 3 is 2.38 bits per heavy atom. The maximum absolute atomic E-state index is 9.11. The van der Waals surface area contributed by atoms with Crippen molar-refractivity contribution in [1.29, 1.82) is 0 Å². The highest BCUT2D eigenvalue weighted by Crippen LogP contribution is 2.14. The summed E-state index contributed by atoms with van der Waals surface area (Å²) in [5.74, 6) is 0.600. The van der Waals surface area contributed by atoms with Crippen LogP contribution in [0, 0.1) is 5.92 Å². The van der Waals surface area contributed by atoms with E-state index in [9.17, 15) is 0 Å². The van der Waals surface area contributed by atoms with E-state index in [1.54, 1.807) is 0 Å². The minimum Gasteiger partial charge on any atom is -0.394 e. The summed E-state index contributed by atoms with van der Waals surface area (Å²) in [4.78, 5) is 0. The molecule has 0 aromatic heterocycles. The van der Waals surface area contributed by atoms with Crippen molar-refractivity contribution in [2.75, 3.05) is 19.8 Å². The summed E-state index contributed by atoms with van der Waals surface area (Å²) >= 11 is 0. The van der Waals surface area contributed by atoms with Gasteiger partial charge in [-0.15, -0.1) is 0 Å². The molecule has 2 unspecified atom stereocenters. The zero-order valence-corrected chi connectivity index (χ0v) is 10.8. The first kappa shape index (κ1) is 15.9. The Hall–Kier alpha value is -0.120. The standard InChI is InChI=1S/C13H28O3/c1-3-5-6-7-8-12(4-2)10-16-11-13(15)9-14/h12-15H,3-11H2,1-2H3. The number of hydrogen-bond acceptors (Lipinski definition) is 3. The molecule has 0 aromatic carbocycles. The van der Waals surface area contributed by atoms with Crippen molar-refractivity contribution in [3.05, 3.63) is 0 Å². The molecular weight excluding hydrogens is 204 g/mol.